The standard InChI is InChI=1S/C25H22N4O2/c1-28-23-12-9-19(26-25(30)18-7-10-20(31-2)11-8-18)15-21(23)27-24(28)16-29-14-13-17-5-3-4-6-22(17)29/h3-15H,16H2,1-2H3,(H,26,30). The van der Waals surface area contributed by atoms with Crippen molar-refractivity contribution in [3.8, 4) is 5.75 Å². The van der Waals surface area contributed by atoms with Gasteiger partial charge >= 0.3 is 0 Å². The molecule has 5 rings (SSSR count). The van der Waals surface area contributed by atoms with Crippen molar-refractivity contribution in [2.45, 2.75) is 6.54 Å². The summed E-state index contributed by atoms with van der Waals surface area (Å²) in [6.07, 6.45) is 2.09. The number of carbonyl (C=O) groups excluding carboxylic acids is 1. The Morgan fingerprint density at radius 3 is 2.61 bits per heavy atom. The second-order valence-corrected chi connectivity index (χ2v) is 7.48. The summed E-state index contributed by atoms with van der Waals surface area (Å²) in [5.74, 6) is 1.50. The first-order valence-corrected chi connectivity index (χ1v) is 10.1. The fraction of sp³-hybridized carbons (Fsp3) is 0.120. The predicted octanol–water partition coefficient (Wildman–Crippen LogP) is 4.84. The summed E-state index contributed by atoms with van der Waals surface area (Å²) >= 11 is 0. The number of para-hydroxylation sites is 1. The molecule has 5 aromatic rings. The summed E-state index contributed by atoms with van der Waals surface area (Å²) in [6.45, 7) is 0.673. The molecule has 0 saturated carbocycles. The fourth-order valence-electron chi connectivity index (χ4n) is 3.85. The van der Waals surface area contributed by atoms with Crippen molar-refractivity contribution in [1.29, 1.82) is 0 Å². The van der Waals surface area contributed by atoms with Crippen LogP contribution in [-0.4, -0.2) is 27.1 Å². The van der Waals surface area contributed by atoms with Crippen LogP contribution in [-0.2, 0) is 13.6 Å². The first-order chi connectivity index (χ1) is 15.1. The second kappa shape index (κ2) is 7.65. The number of carbonyl (C=O) groups is 1. The summed E-state index contributed by atoms with van der Waals surface area (Å²) in [7, 11) is 3.62. The SMILES string of the molecule is COc1ccc(C(=O)Nc2ccc3c(c2)nc(Cn2ccc4ccccc42)n3C)cc1. The number of aryl methyl sites for hydroxylation is 1. The van der Waals surface area contributed by atoms with Gasteiger partial charge in [-0.05, 0) is 60.0 Å². The third kappa shape index (κ3) is 3.53. The molecule has 0 aliphatic carbocycles. The maximum Gasteiger partial charge on any atom is 0.255 e. The third-order valence-electron chi connectivity index (χ3n) is 5.58. The summed E-state index contributed by atoms with van der Waals surface area (Å²) in [4.78, 5) is 17.4. The molecule has 0 spiro atoms. The molecule has 6 nitrogen and oxygen atoms in total. The van der Waals surface area contributed by atoms with Gasteiger partial charge in [-0.2, -0.15) is 0 Å². The maximum atomic E-state index is 12.6. The van der Waals surface area contributed by atoms with E-state index in [0.29, 0.717) is 17.8 Å². The lowest BCUT2D eigenvalue weighted by molar-refractivity contribution is 0.102. The third-order valence-corrected chi connectivity index (χ3v) is 5.58. The van der Waals surface area contributed by atoms with Gasteiger partial charge in [-0.25, -0.2) is 4.98 Å². The van der Waals surface area contributed by atoms with E-state index in [9.17, 15) is 4.79 Å². The van der Waals surface area contributed by atoms with Gasteiger partial charge in [0, 0.05) is 30.0 Å². The van der Waals surface area contributed by atoms with Crippen molar-refractivity contribution in [2.24, 2.45) is 7.05 Å². The normalized spacial score (nSPS) is 11.2. The smallest absolute Gasteiger partial charge is 0.255 e. The van der Waals surface area contributed by atoms with Crippen molar-refractivity contribution in [3.63, 3.8) is 0 Å². The first-order valence-electron chi connectivity index (χ1n) is 10.1. The Balaban J connectivity index is 1.40. The van der Waals surface area contributed by atoms with Crippen LogP contribution in [0.15, 0.2) is 79.0 Å². The molecule has 0 unspecified atom stereocenters. The van der Waals surface area contributed by atoms with Crippen molar-refractivity contribution in [3.05, 3.63) is 90.4 Å². The number of rotatable bonds is 5. The lowest BCUT2D eigenvalue weighted by Crippen LogP contribution is -2.11. The topological polar surface area (TPSA) is 61.1 Å². The lowest BCUT2D eigenvalue weighted by atomic mass is 10.2. The van der Waals surface area contributed by atoms with Crippen molar-refractivity contribution in [2.75, 3.05) is 12.4 Å². The van der Waals surface area contributed by atoms with E-state index in [1.165, 1.54) is 10.9 Å². The zero-order valence-electron chi connectivity index (χ0n) is 17.4. The van der Waals surface area contributed by atoms with Crippen LogP contribution in [0.4, 0.5) is 5.69 Å². The molecule has 1 amide bonds. The van der Waals surface area contributed by atoms with Crippen molar-refractivity contribution < 1.29 is 9.53 Å². The van der Waals surface area contributed by atoms with E-state index in [0.717, 1.165) is 22.6 Å². The Labute approximate surface area is 179 Å². The molecule has 0 atom stereocenters. The zero-order chi connectivity index (χ0) is 21.4. The molecule has 0 saturated heterocycles. The van der Waals surface area contributed by atoms with E-state index >= 15 is 0 Å². The largest absolute Gasteiger partial charge is 0.497 e. The van der Waals surface area contributed by atoms with Crippen LogP contribution >= 0.6 is 0 Å². The van der Waals surface area contributed by atoms with E-state index in [4.69, 9.17) is 9.72 Å². The predicted molar refractivity (Wildman–Crippen MR) is 123 cm³/mol. The molecule has 0 fully saturated rings. The highest BCUT2D eigenvalue weighted by molar-refractivity contribution is 6.05. The number of anilines is 1. The Hall–Kier alpha value is -4.06. The molecule has 0 aliphatic heterocycles. The number of hydrogen-bond donors (Lipinski definition) is 1. The highest BCUT2D eigenvalue weighted by Gasteiger charge is 2.12. The Morgan fingerprint density at radius 2 is 1.81 bits per heavy atom. The number of benzene rings is 3. The highest BCUT2D eigenvalue weighted by atomic mass is 16.5. The lowest BCUT2D eigenvalue weighted by Gasteiger charge is -2.07. The van der Waals surface area contributed by atoms with E-state index in [-0.39, 0.29) is 5.91 Å². The number of nitrogens with zero attached hydrogens (tertiary/aromatic N) is 3. The van der Waals surface area contributed by atoms with E-state index < -0.39 is 0 Å². The number of aromatic nitrogens is 3. The van der Waals surface area contributed by atoms with Gasteiger partial charge in [-0.1, -0.05) is 18.2 Å². The minimum atomic E-state index is -0.169. The van der Waals surface area contributed by atoms with E-state index in [1.54, 1.807) is 31.4 Å². The Kier molecular flexibility index (Phi) is 4.67. The highest BCUT2D eigenvalue weighted by Crippen LogP contribution is 2.23. The van der Waals surface area contributed by atoms with Crippen LogP contribution in [0.2, 0.25) is 0 Å². The Morgan fingerprint density at radius 1 is 1.00 bits per heavy atom. The monoisotopic (exact) mass is 410 g/mol. The molecule has 2 heterocycles. The average molecular weight is 410 g/mol. The number of methoxy groups -OCH3 is 1. The molecule has 154 valence electrons. The van der Waals surface area contributed by atoms with Gasteiger partial charge in [-0.3, -0.25) is 4.79 Å². The van der Waals surface area contributed by atoms with Gasteiger partial charge in [0.05, 0.1) is 24.7 Å². The minimum Gasteiger partial charge on any atom is -0.497 e. The molecule has 0 bridgehead atoms. The second-order valence-electron chi connectivity index (χ2n) is 7.48. The number of fused-ring (bicyclic) bond motifs is 2. The van der Waals surface area contributed by atoms with E-state index in [1.807, 2.05) is 37.4 Å². The average Bonchev–Trinajstić information content (AvgIpc) is 3.35. The first kappa shape index (κ1) is 18.9. The summed E-state index contributed by atoms with van der Waals surface area (Å²) in [5, 5.41) is 4.16. The molecule has 6 heteroatoms. The minimum absolute atomic E-state index is 0.169. The summed E-state index contributed by atoms with van der Waals surface area (Å²) in [6, 6.07) is 23.3. The van der Waals surface area contributed by atoms with Crippen LogP contribution in [0.1, 0.15) is 16.2 Å². The molecule has 0 radical (unpaired) electrons. The van der Waals surface area contributed by atoms with Crippen molar-refractivity contribution in [1.82, 2.24) is 14.1 Å². The summed E-state index contributed by atoms with van der Waals surface area (Å²) < 4.78 is 9.44. The van der Waals surface area contributed by atoms with Gasteiger partial charge < -0.3 is 19.2 Å². The van der Waals surface area contributed by atoms with Gasteiger partial charge in [-0.15, -0.1) is 0 Å². The number of hydrogen-bond acceptors (Lipinski definition) is 3. The number of ether oxygens (including phenoxy) is 1. The maximum absolute atomic E-state index is 12.6. The molecular weight excluding hydrogens is 388 g/mol. The molecule has 31 heavy (non-hydrogen) atoms. The quantitative estimate of drug-likeness (QED) is 0.451. The van der Waals surface area contributed by atoms with Gasteiger partial charge in [0.2, 0.25) is 0 Å². The molecule has 2 aromatic heterocycles. The van der Waals surface area contributed by atoms with Gasteiger partial charge in [0.1, 0.15) is 11.6 Å². The Bertz CT molecular complexity index is 1400. The number of imidazole rings is 1. The molecule has 1 N–H and O–H groups in total. The van der Waals surface area contributed by atoms with Crippen LogP contribution in [0, 0.1) is 0 Å². The molecular formula is C25H22N4O2. The fourth-order valence-corrected chi connectivity index (χ4v) is 3.85. The zero-order valence-corrected chi connectivity index (χ0v) is 17.4. The summed E-state index contributed by atoms with van der Waals surface area (Å²) in [5.41, 5.74) is 4.34. The van der Waals surface area contributed by atoms with Gasteiger partial charge in [0.15, 0.2) is 0 Å². The van der Waals surface area contributed by atoms with Crippen LogP contribution < -0.4 is 10.1 Å². The van der Waals surface area contributed by atoms with Gasteiger partial charge in [0.25, 0.3) is 5.91 Å². The number of amides is 1. The molecule has 3 aromatic carbocycles. The van der Waals surface area contributed by atoms with Crippen LogP contribution in [0.3, 0.4) is 0 Å². The molecule has 0 aliphatic rings. The number of nitrogens with one attached hydrogen (secondary N) is 1. The van der Waals surface area contributed by atoms with Crippen molar-refractivity contribution >= 4 is 33.5 Å². The van der Waals surface area contributed by atoms with Crippen LogP contribution in [0.5, 0.6) is 5.75 Å². The van der Waals surface area contributed by atoms with Crippen LogP contribution in [0.25, 0.3) is 21.9 Å². The van der Waals surface area contributed by atoms with E-state index in [2.05, 4.69) is 38.8 Å².